The molecule has 1 rings (SSSR count). The number of carbonyl (C=O) groups is 2. The van der Waals surface area contributed by atoms with E-state index in [1.165, 1.54) is 6.92 Å². The number of nitrogens with one attached hydrogen (secondary N) is 1. The Balaban J connectivity index is 3.11. The molecule has 0 aliphatic heterocycles. The van der Waals surface area contributed by atoms with Crippen LogP contribution in [-0.4, -0.2) is 20.8 Å². The van der Waals surface area contributed by atoms with Crippen LogP contribution in [0.1, 0.15) is 12.5 Å². The SMILES string of the molecule is C[C@@](NC(=O)C(Cl)(Cl)Cl)(C(=O)O)c1ccccc1. The molecule has 0 radical (unpaired) electrons. The lowest BCUT2D eigenvalue weighted by atomic mass is 9.92. The van der Waals surface area contributed by atoms with Crippen LogP contribution < -0.4 is 5.32 Å². The first kappa shape index (κ1) is 15.1. The number of alkyl halides is 3. The van der Waals surface area contributed by atoms with Crippen LogP contribution in [0.2, 0.25) is 0 Å². The number of aliphatic carboxylic acids is 1. The molecule has 2 N–H and O–H groups in total. The highest BCUT2D eigenvalue weighted by atomic mass is 35.6. The van der Waals surface area contributed by atoms with Crippen molar-refractivity contribution in [2.45, 2.75) is 16.3 Å². The van der Waals surface area contributed by atoms with Crippen molar-refractivity contribution in [2.75, 3.05) is 0 Å². The molecule has 0 fully saturated rings. The van der Waals surface area contributed by atoms with Crippen LogP contribution >= 0.6 is 34.8 Å². The smallest absolute Gasteiger partial charge is 0.333 e. The first-order valence-electron chi connectivity index (χ1n) is 4.86. The molecule has 0 bridgehead atoms. The van der Waals surface area contributed by atoms with Crippen molar-refractivity contribution >= 4 is 46.7 Å². The van der Waals surface area contributed by atoms with E-state index in [4.69, 9.17) is 34.8 Å². The molecule has 0 aliphatic rings. The first-order chi connectivity index (χ1) is 8.18. The van der Waals surface area contributed by atoms with Crippen molar-refractivity contribution in [1.29, 1.82) is 0 Å². The number of carboxylic acids is 1. The molecule has 0 spiro atoms. The molecule has 1 aromatic rings. The van der Waals surface area contributed by atoms with Gasteiger partial charge in [-0.1, -0.05) is 65.1 Å². The van der Waals surface area contributed by atoms with Gasteiger partial charge in [-0.15, -0.1) is 0 Å². The van der Waals surface area contributed by atoms with E-state index in [9.17, 15) is 14.7 Å². The average molecular weight is 311 g/mol. The van der Waals surface area contributed by atoms with Crippen LogP contribution in [0.4, 0.5) is 0 Å². The Kier molecular flexibility index (Phi) is 4.48. The van der Waals surface area contributed by atoms with E-state index in [0.717, 1.165) is 0 Å². The second kappa shape index (κ2) is 5.34. The summed E-state index contributed by atoms with van der Waals surface area (Å²) in [5.74, 6) is -2.25. The molecule has 0 aromatic heterocycles. The third kappa shape index (κ3) is 3.28. The summed E-state index contributed by atoms with van der Waals surface area (Å²) in [5, 5.41) is 11.5. The predicted molar refractivity (Wildman–Crippen MR) is 69.9 cm³/mol. The fourth-order valence-corrected chi connectivity index (χ4v) is 1.46. The fourth-order valence-electron chi connectivity index (χ4n) is 1.32. The Hall–Kier alpha value is -0.970. The third-order valence-corrected chi connectivity index (χ3v) is 2.91. The molecule has 4 nitrogen and oxygen atoms in total. The molecule has 0 aliphatic carbocycles. The van der Waals surface area contributed by atoms with E-state index < -0.39 is 21.2 Å². The van der Waals surface area contributed by atoms with Gasteiger partial charge in [0.05, 0.1) is 0 Å². The van der Waals surface area contributed by atoms with Gasteiger partial charge in [-0.3, -0.25) is 4.79 Å². The zero-order valence-corrected chi connectivity index (χ0v) is 11.6. The van der Waals surface area contributed by atoms with E-state index in [1.807, 2.05) is 0 Å². The third-order valence-electron chi connectivity index (χ3n) is 2.40. The zero-order valence-electron chi connectivity index (χ0n) is 9.28. The average Bonchev–Trinajstić information content (AvgIpc) is 2.28. The maximum absolute atomic E-state index is 11.6. The van der Waals surface area contributed by atoms with Crippen LogP contribution in [-0.2, 0) is 15.1 Å². The summed E-state index contributed by atoms with van der Waals surface area (Å²) in [5.41, 5.74) is -1.29. The largest absolute Gasteiger partial charge is 0.479 e. The van der Waals surface area contributed by atoms with Crippen molar-refractivity contribution in [2.24, 2.45) is 0 Å². The number of rotatable bonds is 3. The molecular formula is C11H10Cl3NO3. The lowest BCUT2D eigenvalue weighted by molar-refractivity contribution is -0.147. The van der Waals surface area contributed by atoms with Crippen LogP contribution in [0.3, 0.4) is 0 Å². The van der Waals surface area contributed by atoms with Gasteiger partial charge in [-0.25, -0.2) is 4.79 Å². The van der Waals surface area contributed by atoms with E-state index in [0.29, 0.717) is 5.56 Å². The molecule has 0 unspecified atom stereocenters. The van der Waals surface area contributed by atoms with Crippen molar-refractivity contribution in [3.8, 4) is 0 Å². The second-order valence-corrected chi connectivity index (χ2v) is 6.03. The quantitative estimate of drug-likeness (QED) is 0.843. The Bertz CT molecular complexity index is 458. The van der Waals surface area contributed by atoms with E-state index >= 15 is 0 Å². The molecule has 0 heterocycles. The van der Waals surface area contributed by atoms with Gasteiger partial charge in [0, 0.05) is 0 Å². The minimum Gasteiger partial charge on any atom is -0.479 e. The number of hydrogen-bond acceptors (Lipinski definition) is 2. The number of amides is 1. The lowest BCUT2D eigenvalue weighted by Crippen LogP contribution is -2.52. The number of carbonyl (C=O) groups excluding carboxylic acids is 1. The van der Waals surface area contributed by atoms with Crippen molar-refractivity contribution < 1.29 is 14.7 Å². The Morgan fingerprint density at radius 2 is 1.67 bits per heavy atom. The van der Waals surface area contributed by atoms with Crippen molar-refractivity contribution in [3.05, 3.63) is 35.9 Å². The van der Waals surface area contributed by atoms with Gasteiger partial charge in [0.2, 0.25) is 0 Å². The lowest BCUT2D eigenvalue weighted by Gasteiger charge is -2.28. The van der Waals surface area contributed by atoms with Crippen molar-refractivity contribution in [3.63, 3.8) is 0 Å². The fraction of sp³-hybridized carbons (Fsp3) is 0.273. The highest BCUT2D eigenvalue weighted by Crippen LogP contribution is 2.29. The number of carboxylic acid groups (broad SMARTS) is 1. The van der Waals surface area contributed by atoms with Crippen LogP contribution in [0.5, 0.6) is 0 Å². The summed E-state index contributed by atoms with van der Waals surface area (Å²) >= 11 is 16.2. The first-order valence-corrected chi connectivity index (χ1v) is 5.99. The summed E-state index contributed by atoms with van der Waals surface area (Å²) in [6, 6.07) is 8.15. The van der Waals surface area contributed by atoms with Gasteiger partial charge < -0.3 is 10.4 Å². The maximum Gasteiger partial charge on any atom is 0.333 e. The van der Waals surface area contributed by atoms with Gasteiger partial charge in [0.25, 0.3) is 9.70 Å². The Morgan fingerprint density at radius 1 is 1.17 bits per heavy atom. The molecule has 18 heavy (non-hydrogen) atoms. The molecular weight excluding hydrogens is 300 g/mol. The molecule has 1 atom stereocenters. The molecule has 0 saturated carbocycles. The molecule has 7 heteroatoms. The summed E-state index contributed by atoms with van der Waals surface area (Å²) in [6.07, 6.45) is 0. The highest BCUT2D eigenvalue weighted by molar-refractivity contribution is 6.76. The normalized spacial score (nSPS) is 14.7. The summed E-state index contributed by atoms with van der Waals surface area (Å²) in [7, 11) is 0. The molecule has 1 amide bonds. The Labute approximate surface area is 119 Å². The standard InChI is InChI=1S/C11H10Cl3NO3/c1-10(9(17)18,7-5-3-2-4-6-7)15-8(16)11(12,13)14/h2-6H,1H3,(H,15,16)(H,17,18)/t10-/m0/s1. The zero-order chi connectivity index (χ0) is 14.0. The Morgan fingerprint density at radius 3 is 2.06 bits per heavy atom. The maximum atomic E-state index is 11.6. The van der Waals surface area contributed by atoms with Gasteiger partial charge in [-0.2, -0.15) is 0 Å². The molecule has 1 aromatic carbocycles. The number of halogens is 3. The van der Waals surface area contributed by atoms with Crippen molar-refractivity contribution in [1.82, 2.24) is 5.32 Å². The highest BCUT2D eigenvalue weighted by Gasteiger charge is 2.42. The minimum atomic E-state index is -2.22. The van der Waals surface area contributed by atoms with Crippen LogP contribution in [0.15, 0.2) is 30.3 Å². The van der Waals surface area contributed by atoms with E-state index in [2.05, 4.69) is 5.32 Å². The van der Waals surface area contributed by atoms with E-state index in [1.54, 1.807) is 30.3 Å². The topological polar surface area (TPSA) is 66.4 Å². The summed E-state index contributed by atoms with van der Waals surface area (Å²) < 4.78 is -2.22. The van der Waals surface area contributed by atoms with Gasteiger partial charge in [0.1, 0.15) is 0 Å². The summed E-state index contributed by atoms with van der Waals surface area (Å²) in [4.78, 5) is 22.9. The summed E-state index contributed by atoms with van der Waals surface area (Å²) in [6.45, 7) is 1.32. The molecule has 0 saturated heterocycles. The van der Waals surface area contributed by atoms with Crippen LogP contribution in [0, 0.1) is 0 Å². The van der Waals surface area contributed by atoms with Gasteiger partial charge in [0.15, 0.2) is 5.54 Å². The van der Waals surface area contributed by atoms with Gasteiger partial charge in [-0.05, 0) is 12.5 Å². The second-order valence-electron chi connectivity index (χ2n) is 3.75. The predicted octanol–water partition coefficient (Wildman–Crippen LogP) is 2.47. The van der Waals surface area contributed by atoms with Crippen LogP contribution in [0.25, 0.3) is 0 Å². The van der Waals surface area contributed by atoms with Gasteiger partial charge >= 0.3 is 5.97 Å². The monoisotopic (exact) mass is 309 g/mol. The number of hydrogen-bond donors (Lipinski definition) is 2. The number of benzene rings is 1. The molecule has 98 valence electrons. The van der Waals surface area contributed by atoms with E-state index in [-0.39, 0.29) is 0 Å². The minimum absolute atomic E-state index is 0.375.